The number of carbonyl (C=O) groups is 3. The number of aliphatic hydroxyl groups excluding tert-OH is 1. The van der Waals surface area contributed by atoms with E-state index < -0.39 is 33.4 Å². The molecule has 3 amide bonds. The van der Waals surface area contributed by atoms with Crippen molar-refractivity contribution in [3.05, 3.63) is 120 Å². The Balaban J connectivity index is 1.34. The Morgan fingerprint density at radius 3 is 2.21 bits per heavy atom. The summed E-state index contributed by atoms with van der Waals surface area (Å²) < 4.78 is 3.86. The zero-order valence-electron chi connectivity index (χ0n) is 26.6. The molecule has 4 aliphatic rings. The topological polar surface area (TPSA) is 90.4 Å². The van der Waals surface area contributed by atoms with E-state index in [1.54, 1.807) is 26.5 Å². The van der Waals surface area contributed by atoms with E-state index in [9.17, 15) is 14.7 Å². The van der Waals surface area contributed by atoms with Crippen LogP contribution in [0.1, 0.15) is 31.0 Å². The summed E-state index contributed by atoms with van der Waals surface area (Å²) in [6, 6.07) is 24.9. The Morgan fingerprint density at radius 1 is 0.851 bits per heavy atom. The van der Waals surface area contributed by atoms with Crippen molar-refractivity contribution in [3.63, 3.8) is 0 Å². The van der Waals surface area contributed by atoms with E-state index in [0.29, 0.717) is 26.2 Å². The van der Waals surface area contributed by atoms with Crippen molar-refractivity contribution >= 4 is 35.2 Å². The number of nitrogens with zero attached hydrogens (tertiary/aromatic N) is 3. The van der Waals surface area contributed by atoms with Gasteiger partial charge in [0.05, 0.1) is 35.8 Å². The van der Waals surface area contributed by atoms with Gasteiger partial charge in [-0.3, -0.25) is 14.4 Å². The number of fused-ring (bicyclic) bond motifs is 2. The smallest absolute Gasteiger partial charge is 0.247 e. The molecule has 0 aromatic heterocycles. The number of benzene rings is 3. The minimum atomic E-state index is -1.02. The molecule has 3 aromatic carbocycles. The van der Waals surface area contributed by atoms with Crippen LogP contribution >= 0.6 is 11.8 Å². The molecule has 8 nitrogen and oxygen atoms in total. The number of hydrogen-bond donors (Lipinski definition) is 1. The van der Waals surface area contributed by atoms with Gasteiger partial charge in [-0.25, -0.2) is 0 Å². The van der Waals surface area contributed by atoms with Gasteiger partial charge >= 0.3 is 0 Å². The van der Waals surface area contributed by atoms with Crippen molar-refractivity contribution in [2.45, 2.75) is 42.0 Å². The quantitative estimate of drug-likeness (QED) is 0.346. The van der Waals surface area contributed by atoms with Crippen molar-refractivity contribution in [2.75, 3.05) is 31.2 Å². The van der Waals surface area contributed by atoms with Crippen molar-refractivity contribution < 1.29 is 24.2 Å². The zero-order chi connectivity index (χ0) is 32.8. The fourth-order valence-electron chi connectivity index (χ4n) is 7.94. The van der Waals surface area contributed by atoms with E-state index >= 15 is 4.79 Å². The van der Waals surface area contributed by atoms with Gasteiger partial charge in [-0.1, -0.05) is 85.0 Å². The second-order valence-electron chi connectivity index (χ2n) is 12.7. The van der Waals surface area contributed by atoms with Gasteiger partial charge in [0.15, 0.2) is 0 Å². The first-order valence-corrected chi connectivity index (χ1v) is 17.0. The zero-order valence-corrected chi connectivity index (χ0v) is 27.4. The van der Waals surface area contributed by atoms with Crippen LogP contribution in [0.3, 0.4) is 0 Å². The van der Waals surface area contributed by atoms with Crippen molar-refractivity contribution in [1.82, 2.24) is 9.80 Å². The number of ether oxygens (including phenoxy) is 1. The summed E-state index contributed by atoms with van der Waals surface area (Å²) in [5, 5.41) is 10.9. The van der Waals surface area contributed by atoms with E-state index in [1.165, 1.54) is 0 Å². The summed E-state index contributed by atoms with van der Waals surface area (Å²) >= 11 is 1.55. The van der Waals surface area contributed by atoms with Gasteiger partial charge in [0.1, 0.15) is 11.8 Å². The van der Waals surface area contributed by atoms with Gasteiger partial charge in [0, 0.05) is 30.1 Å². The molecule has 0 radical (unpaired) electrons. The molecule has 1 spiro atoms. The molecule has 0 bridgehead atoms. The number of amides is 3. The van der Waals surface area contributed by atoms with Crippen LogP contribution in [0.4, 0.5) is 5.69 Å². The molecular formula is C38H39N3O5S. The average Bonchev–Trinajstić information content (AvgIpc) is 3.36. The third-order valence-corrected chi connectivity index (χ3v) is 11.7. The predicted molar refractivity (Wildman–Crippen MR) is 183 cm³/mol. The lowest BCUT2D eigenvalue weighted by molar-refractivity contribution is -0.146. The maximum atomic E-state index is 15.0. The highest BCUT2D eigenvalue weighted by Crippen LogP contribution is 2.66. The van der Waals surface area contributed by atoms with Crippen LogP contribution in [0.2, 0.25) is 0 Å². The van der Waals surface area contributed by atoms with Crippen LogP contribution in [-0.4, -0.2) is 74.5 Å². The summed E-state index contributed by atoms with van der Waals surface area (Å²) in [4.78, 5) is 49.8. The van der Waals surface area contributed by atoms with Gasteiger partial charge in [-0.2, -0.15) is 0 Å². The van der Waals surface area contributed by atoms with Gasteiger partial charge in [0.25, 0.3) is 0 Å². The largest absolute Gasteiger partial charge is 0.494 e. The Bertz CT molecular complexity index is 1710. The predicted octanol–water partition coefficient (Wildman–Crippen LogP) is 5.01. The molecule has 4 heterocycles. The number of rotatable bonds is 8. The Morgan fingerprint density at radius 2 is 1.53 bits per heavy atom. The van der Waals surface area contributed by atoms with Crippen LogP contribution in [0.5, 0.6) is 5.75 Å². The minimum Gasteiger partial charge on any atom is -0.494 e. The fourth-order valence-corrected chi connectivity index (χ4v) is 10.1. The summed E-state index contributed by atoms with van der Waals surface area (Å²) in [6.45, 7) is 5.25. The highest BCUT2D eigenvalue weighted by Gasteiger charge is 2.74. The van der Waals surface area contributed by atoms with E-state index in [0.717, 1.165) is 22.6 Å². The Labute approximate surface area is 279 Å². The summed E-state index contributed by atoms with van der Waals surface area (Å²) in [6.07, 6.45) is 8.07. The molecule has 3 aromatic rings. The third-order valence-electron chi connectivity index (χ3n) is 9.95. The molecule has 2 saturated heterocycles. The van der Waals surface area contributed by atoms with Gasteiger partial charge < -0.3 is 24.5 Å². The summed E-state index contributed by atoms with van der Waals surface area (Å²) in [5.74, 6) is -1.47. The molecule has 9 heteroatoms. The van der Waals surface area contributed by atoms with E-state index in [4.69, 9.17) is 4.74 Å². The second-order valence-corrected chi connectivity index (χ2v) is 14.5. The first-order chi connectivity index (χ1) is 22.8. The average molecular weight is 650 g/mol. The molecule has 7 rings (SSSR count). The summed E-state index contributed by atoms with van der Waals surface area (Å²) in [5.41, 5.74) is 2.45. The Kier molecular flexibility index (Phi) is 8.22. The summed E-state index contributed by atoms with van der Waals surface area (Å²) in [7, 11) is 0. The van der Waals surface area contributed by atoms with Crippen LogP contribution in [-0.2, 0) is 20.9 Å². The first-order valence-electron chi connectivity index (χ1n) is 16.2. The number of anilines is 1. The van der Waals surface area contributed by atoms with Gasteiger partial charge in [0.2, 0.25) is 17.7 Å². The van der Waals surface area contributed by atoms with Crippen LogP contribution in [0.25, 0.3) is 0 Å². The molecule has 2 fully saturated rings. The monoisotopic (exact) mass is 649 g/mol. The third kappa shape index (κ3) is 5.16. The van der Waals surface area contributed by atoms with Crippen molar-refractivity contribution in [3.8, 4) is 5.75 Å². The highest BCUT2D eigenvalue weighted by molar-refractivity contribution is 8.02. The lowest BCUT2D eigenvalue weighted by Gasteiger charge is -2.40. The SMILES string of the molecule is CCOc1ccc(N2CC=C[C@]3(C)S[C@]45C=CCN(Cc6ccccc6)C(=O)C4N([C@H](CO)c4ccccc4)C(=O)[C@@H]5[C@@H]3C2=O)cc1. The molecule has 4 aliphatic heterocycles. The highest BCUT2D eigenvalue weighted by atomic mass is 32.2. The molecular weight excluding hydrogens is 611 g/mol. The molecule has 1 unspecified atom stereocenters. The molecule has 0 aliphatic carbocycles. The fraction of sp³-hybridized carbons (Fsp3) is 0.342. The Hall–Kier alpha value is -4.34. The lowest BCUT2D eigenvalue weighted by Crippen LogP contribution is -2.54. The molecule has 6 atom stereocenters. The maximum absolute atomic E-state index is 15.0. The van der Waals surface area contributed by atoms with Gasteiger partial charge in [-0.15, -0.1) is 11.8 Å². The van der Waals surface area contributed by atoms with E-state index in [2.05, 4.69) is 6.08 Å². The van der Waals surface area contributed by atoms with Gasteiger partial charge in [-0.05, 0) is 49.2 Å². The lowest BCUT2D eigenvalue weighted by atomic mass is 9.74. The molecule has 1 N–H and O–H groups in total. The van der Waals surface area contributed by atoms with Crippen molar-refractivity contribution in [2.24, 2.45) is 11.8 Å². The normalized spacial score (nSPS) is 28.9. The maximum Gasteiger partial charge on any atom is 0.247 e. The number of likely N-dealkylation sites (tertiary alicyclic amines) is 1. The molecule has 47 heavy (non-hydrogen) atoms. The van der Waals surface area contributed by atoms with Crippen molar-refractivity contribution in [1.29, 1.82) is 0 Å². The second kappa shape index (κ2) is 12.4. The number of thioether (sulfide) groups is 1. The number of aliphatic hydroxyl groups is 1. The molecule has 0 saturated carbocycles. The van der Waals surface area contributed by atoms with E-state index in [1.807, 2.05) is 117 Å². The minimum absolute atomic E-state index is 0.156. The standard InChI is InChI=1S/C38H39N3O5S/c1-3-46-29-18-16-28(17-19-29)40-23-10-20-37(2)31(34(40)43)32-35(44)41(30(25-42)27-14-8-5-9-15-27)33-36(45)39(22-11-21-38(32,33)47-37)24-26-12-6-4-7-13-26/h4-21,30-33,42H,3,22-25H2,1-2H3/t30-,31-,32+,33?,37+,38+/m1/s1. The first kappa shape index (κ1) is 31.3. The van der Waals surface area contributed by atoms with Crippen LogP contribution in [0.15, 0.2) is 109 Å². The number of carbonyl (C=O) groups excluding carboxylic acids is 3. The number of hydrogen-bond acceptors (Lipinski definition) is 6. The van der Waals surface area contributed by atoms with Crippen LogP contribution in [0, 0.1) is 11.8 Å². The van der Waals surface area contributed by atoms with Crippen LogP contribution < -0.4 is 9.64 Å². The van der Waals surface area contributed by atoms with E-state index in [-0.39, 0.29) is 24.3 Å². The molecule has 242 valence electrons.